The third-order valence-electron chi connectivity index (χ3n) is 6.93. The van der Waals surface area contributed by atoms with Gasteiger partial charge in [0.2, 0.25) is 0 Å². The molecule has 0 spiro atoms. The second-order valence-electron chi connectivity index (χ2n) is 9.19. The number of nitrogens with zero attached hydrogens (tertiary/aromatic N) is 5. The average molecular weight is 423 g/mol. The topological polar surface area (TPSA) is 99.9 Å². The summed E-state index contributed by atoms with van der Waals surface area (Å²) >= 11 is 0. The molecule has 1 saturated carbocycles. The molecule has 2 fully saturated rings. The van der Waals surface area contributed by atoms with Crippen molar-refractivity contribution in [1.29, 1.82) is 0 Å². The van der Waals surface area contributed by atoms with Crippen LogP contribution < -0.4 is 5.56 Å². The van der Waals surface area contributed by atoms with Crippen LogP contribution in [0.1, 0.15) is 73.1 Å². The highest BCUT2D eigenvalue weighted by atomic mass is 16.3. The van der Waals surface area contributed by atoms with Gasteiger partial charge in [-0.25, -0.2) is 4.68 Å². The summed E-state index contributed by atoms with van der Waals surface area (Å²) < 4.78 is 1.95. The van der Waals surface area contributed by atoms with E-state index in [1.165, 1.54) is 12.8 Å². The van der Waals surface area contributed by atoms with E-state index in [1.54, 1.807) is 0 Å². The first-order valence-electron chi connectivity index (χ1n) is 11.4. The van der Waals surface area contributed by atoms with Gasteiger partial charge in [-0.15, -0.1) is 5.10 Å². The number of hydrogen-bond acceptors (Lipinski definition) is 6. The fourth-order valence-electron chi connectivity index (χ4n) is 5.32. The zero-order valence-electron chi connectivity index (χ0n) is 18.2. The number of tetrazole rings is 1. The highest BCUT2D eigenvalue weighted by Gasteiger charge is 2.34. The first-order chi connectivity index (χ1) is 15.0. The number of H-pyrrole nitrogens is 1. The number of aliphatic hydroxyl groups is 1. The van der Waals surface area contributed by atoms with E-state index < -0.39 is 0 Å². The Balaban J connectivity index is 1.66. The van der Waals surface area contributed by atoms with E-state index in [9.17, 15) is 9.90 Å². The van der Waals surface area contributed by atoms with E-state index >= 15 is 0 Å². The third-order valence-corrected chi connectivity index (χ3v) is 6.93. The molecule has 0 unspecified atom stereocenters. The van der Waals surface area contributed by atoms with Crippen LogP contribution in [0.25, 0.3) is 10.9 Å². The zero-order valence-corrected chi connectivity index (χ0v) is 18.2. The second-order valence-corrected chi connectivity index (χ2v) is 9.19. The molecule has 1 saturated heterocycles. The molecular weight excluding hydrogens is 392 g/mol. The molecule has 31 heavy (non-hydrogen) atoms. The van der Waals surface area contributed by atoms with Crippen molar-refractivity contribution < 1.29 is 5.11 Å². The largest absolute Gasteiger partial charge is 0.393 e. The Bertz CT molecular complexity index is 1140. The minimum atomic E-state index is -0.336. The molecule has 2 aromatic heterocycles. The number of rotatable bonds is 4. The summed E-state index contributed by atoms with van der Waals surface area (Å²) in [4.78, 5) is 18.7. The number of nitrogens with one attached hydrogen (secondary N) is 1. The van der Waals surface area contributed by atoms with Crippen LogP contribution in [0.5, 0.6) is 0 Å². The summed E-state index contributed by atoms with van der Waals surface area (Å²) in [6, 6.07) is 6.12. The summed E-state index contributed by atoms with van der Waals surface area (Å²) in [5.41, 5.74) is 3.68. The average Bonchev–Trinajstić information content (AvgIpc) is 3.42. The van der Waals surface area contributed by atoms with Crippen molar-refractivity contribution in [3.63, 3.8) is 0 Å². The van der Waals surface area contributed by atoms with Crippen LogP contribution in [-0.4, -0.2) is 54.4 Å². The van der Waals surface area contributed by atoms with Crippen molar-refractivity contribution in [2.75, 3.05) is 13.1 Å². The number of hydrogen-bond donors (Lipinski definition) is 2. The predicted molar refractivity (Wildman–Crippen MR) is 118 cm³/mol. The van der Waals surface area contributed by atoms with Gasteiger partial charge in [0.05, 0.1) is 12.1 Å². The van der Waals surface area contributed by atoms with E-state index in [0.29, 0.717) is 31.5 Å². The molecule has 164 valence electrons. The molecule has 8 nitrogen and oxygen atoms in total. The number of benzene rings is 1. The maximum Gasteiger partial charge on any atom is 0.253 e. The minimum absolute atomic E-state index is 0.102. The summed E-state index contributed by atoms with van der Waals surface area (Å²) in [6.45, 7) is 5.52. The first kappa shape index (κ1) is 20.3. The Hall–Kier alpha value is -2.58. The summed E-state index contributed by atoms with van der Waals surface area (Å²) in [6.07, 6.45) is 5.57. The minimum Gasteiger partial charge on any atom is -0.393 e. The molecule has 3 aromatic rings. The summed E-state index contributed by atoms with van der Waals surface area (Å²) in [5, 5.41) is 23.9. The zero-order chi connectivity index (χ0) is 21.5. The molecule has 1 aliphatic carbocycles. The van der Waals surface area contributed by atoms with Crippen molar-refractivity contribution in [3.05, 3.63) is 51.1 Å². The quantitative estimate of drug-likeness (QED) is 0.671. The van der Waals surface area contributed by atoms with Crippen LogP contribution >= 0.6 is 0 Å². The highest BCUT2D eigenvalue weighted by molar-refractivity contribution is 5.83. The van der Waals surface area contributed by atoms with Crippen molar-refractivity contribution >= 4 is 10.9 Å². The van der Waals surface area contributed by atoms with E-state index in [4.69, 9.17) is 0 Å². The standard InChI is InChI=1S/C23H30N6O2/c1-14-11-15(2)18-13-19(23(31)24-20(18)12-14)21(28-9-7-17(30)8-10-28)22-25-26-27-29(22)16-5-3-4-6-16/h11-13,16-17,21,30H,3-10H2,1-2H3,(H,24,31)/t21-/m0/s1. The molecular formula is C23H30N6O2. The molecule has 1 aromatic carbocycles. The van der Waals surface area contributed by atoms with Crippen LogP contribution in [0.15, 0.2) is 23.0 Å². The molecule has 2 aliphatic rings. The van der Waals surface area contributed by atoms with Crippen LogP contribution in [0.2, 0.25) is 0 Å². The van der Waals surface area contributed by atoms with Crippen molar-refractivity contribution in [2.45, 2.75) is 70.6 Å². The lowest BCUT2D eigenvalue weighted by Gasteiger charge is -2.35. The summed E-state index contributed by atoms with van der Waals surface area (Å²) in [7, 11) is 0. The fraction of sp³-hybridized carbons (Fsp3) is 0.565. The lowest BCUT2D eigenvalue weighted by Crippen LogP contribution is -2.42. The van der Waals surface area contributed by atoms with Gasteiger partial charge < -0.3 is 10.1 Å². The van der Waals surface area contributed by atoms with Gasteiger partial charge in [0.1, 0.15) is 6.04 Å². The van der Waals surface area contributed by atoms with Gasteiger partial charge in [0, 0.05) is 29.6 Å². The van der Waals surface area contributed by atoms with Crippen LogP contribution in [0, 0.1) is 13.8 Å². The smallest absolute Gasteiger partial charge is 0.253 e. The lowest BCUT2D eigenvalue weighted by atomic mass is 9.97. The number of aryl methyl sites for hydroxylation is 2. The second kappa shape index (κ2) is 8.16. The molecule has 3 heterocycles. The molecule has 8 heteroatoms. The van der Waals surface area contributed by atoms with Gasteiger partial charge in [0.15, 0.2) is 5.82 Å². The van der Waals surface area contributed by atoms with Crippen LogP contribution in [0.3, 0.4) is 0 Å². The van der Waals surface area contributed by atoms with Crippen molar-refractivity contribution in [3.8, 4) is 0 Å². The Morgan fingerprint density at radius 3 is 2.58 bits per heavy atom. The molecule has 1 atom stereocenters. The number of piperidine rings is 1. The normalized spacial score (nSPS) is 20.0. The third kappa shape index (κ3) is 3.78. The van der Waals surface area contributed by atoms with Gasteiger partial charge in [0.25, 0.3) is 5.56 Å². The van der Waals surface area contributed by atoms with Gasteiger partial charge >= 0.3 is 0 Å². The number of aliphatic hydroxyl groups excluding tert-OH is 1. The lowest BCUT2D eigenvalue weighted by molar-refractivity contribution is 0.0654. The van der Waals surface area contributed by atoms with Crippen LogP contribution in [0.4, 0.5) is 0 Å². The predicted octanol–water partition coefficient (Wildman–Crippen LogP) is 2.79. The molecule has 1 aliphatic heterocycles. The number of fused-ring (bicyclic) bond motifs is 1. The van der Waals surface area contributed by atoms with Crippen molar-refractivity contribution in [1.82, 2.24) is 30.1 Å². The van der Waals surface area contributed by atoms with E-state index in [2.05, 4.69) is 38.4 Å². The number of aromatic amines is 1. The fourth-order valence-corrected chi connectivity index (χ4v) is 5.32. The first-order valence-corrected chi connectivity index (χ1v) is 11.4. The summed E-state index contributed by atoms with van der Waals surface area (Å²) in [5.74, 6) is 0.734. The number of pyridine rings is 1. The Labute approximate surface area is 181 Å². The highest BCUT2D eigenvalue weighted by Crippen LogP contribution is 2.35. The Morgan fingerprint density at radius 1 is 1.10 bits per heavy atom. The Morgan fingerprint density at radius 2 is 1.84 bits per heavy atom. The maximum atomic E-state index is 13.3. The SMILES string of the molecule is Cc1cc(C)c2cc([C@@H](c3nnnn3C3CCCC3)N3CCC(O)CC3)c(=O)[nH]c2c1. The van der Waals surface area contributed by atoms with Gasteiger partial charge in [-0.3, -0.25) is 9.69 Å². The van der Waals surface area contributed by atoms with E-state index in [1.807, 2.05) is 23.7 Å². The van der Waals surface area contributed by atoms with Crippen molar-refractivity contribution in [2.24, 2.45) is 0 Å². The van der Waals surface area contributed by atoms with E-state index in [0.717, 1.165) is 40.7 Å². The molecule has 0 amide bonds. The molecule has 0 bridgehead atoms. The molecule has 0 radical (unpaired) electrons. The Kier molecular flexibility index (Phi) is 5.35. The number of likely N-dealkylation sites (tertiary alicyclic amines) is 1. The van der Waals surface area contributed by atoms with Gasteiger partial charge in [-0.05, 0) is 73.2 Å². The maximum absolute atomic E-state index is 13.3. The van der Waals surface area contributed by atoms with Crippen LogP contribution in [-0.2, 0) is 0 Å². The molecule has 2 N–H and O–H groups in total. The van der Waals surface area contributed by atoms with E-state index in [-0.39, 0.29) is 23.7 Å². The van der Waals surface area contributed by atoms with Gasteiger partial charge in [-0.2, -0.15) is 0 Å². The monoisotopic (exact) mass is 422 g/mol. The molecule has 5 rings (SSSR count). The van der Waals surface area contributed by atoms with Gasteiger partial charge in [-0.1, -0.05) is 18.9 Å². The number of aromatic nitrogens is 5.